The van der Waals surface area contributed by atoms with Crippen molar-refractivity contribution < 1.29 is 4.74 Å². The van der Waals surface area contributed by atoms with Gasteiger partial charge in [-0.2, -0.15) is 0 Å². The Bertz CT molecular complexity index is 899. The summed E-state index contributed by atoms with van der Waals surface area (Å²) in [6, 6.07) is 10.4. The van der Waals surface area contributed by atoms with Crippen LogP contribution in [0.25, 0.3) is 21.6 Å². The molecule has 1 aliphatic heterocycles. The zero-order valence-corrected chi connectivity index (χ0v) is 14.7. The first-order chi connectivity index (χ1) is 12.3. The van der Waals surface area contributed by atoms with Gasteiger partial charge in [-0.25, -0.2) is 9.97 Å². The van der Waals surface area contributed by atoms with E-state index >= 15 is 0 Å². The Labute approximate surface area is 150 Å². The van der Waals surface area contributed by atoms with E-state index in [-0.39, 0.29) is 0 Å². The van der Waals surface area contributed by atoms with E-state index in [1.165, 1.54) is 5.56 Å². The van der Waals surface area contributed by atoms with Gasteiger partial charge in [-0.15, -0.1) is 11.3 Å². The summed E-state index contributed by atoms with van der Waals surface area (Å²) in [6.07, 6.45) is 4.33. The Morgan fingerprint density at radius 3 is 2.92 bits per heavy atom. The van der Waals surface area contributed by atoms with Gasteiger partial charge in [-0.3, -0.25) is 0 Å². The number of aromatic nitrogens is 2. The van der Waals surface area contributed by atoms with Crippen LogP contribution >= 0.6 is 11.3 Å². The molecule has 2 N–H and O–H groups in total. The standard InChI is InChI=1S/C19H20N4OS/c20-7-2-4-14-3-1-5-15(13-14)18-21-16-6-12-25-17(16)19(22-18)23-8-10-24-11-9-23/h1-3,5-7,12-13H,4,8-11,20H2. The van der Waals surface area contributed by atoms with Crippen molar-refractivity contribution in [2.24, 2.45) is 5.73 Å². The number of hydrogen-bond donors (Lipinski definition) is 1. The quantitative estimate of drug-likeness (QED) is 0.781. The zero-order valence-electron chi connectivity index (χ0n) is 13.9. The first-order valence-corrected chi connectivity index (χ1v) is 9.27. The second-order valence-corrected chi connectivity index (χ2v) is 6.85. The molecule has 0 radical (unpaired) electrons. The minimum atomic E-state index is 0.743. The summed E-state index contributed by atoms with van der Waals surface area (Å²) in [7, 11) is 0. The molecule has 0 spiro atoms. The Morgan fingerprint density at radius 2 is 2.08 bits per heavy atom. The molecule has 0 atom stereocenters. The molecule has 0 amide bonds. The average molecular weight is 352 g/mol. The lowest BCUT2D eigenvalue weighted by Crippen LogP contribution is -2.36. The van der Waals surface area contributed by atoms with Crippen LogP contribution in [0.15, 0.2) is 48.0 Å². The highest BCUT2D eigenvalue weighted by Crippen LogP contribution is 2.32. The van der Waals surface area contributed by atoms with Crippen molar-refractivity contribution in [1.29, 1.82) is 0 Å². The summed E-state index contributed by atoms with van der Waals surface area (Å²) in [6.45, 7) is 3.22. The number of anilines is 1. The lowest BCUT2D eigenvalue weighted by Gasteiger charge is -2.28. The second-order valence-electron chi connectivity index (χ2n) is 5.94. The topological polar surface area (TPSA) is 64.3 Å². The van der Waals surface area contributed by atoms with Crippen molar-refractivity contribution in [2.75, 3.05) is 31.2 Å². The predicted molar refractivity (Wildman–Crippen MR) is 103 cm³/mol. The van der Waals surface area contributed by atoms with Crippen molar-refractivity contribution >= 4 is 27.4 Å². The lowest BCUT2D eigenvalue weighted by atomic mass is 10.1. The SMILES string of the molecule is NC=CCc1cccc(-c2nc(N3CCOCC3)c3sccc3n2)c1. The summed E-state index contributed by atoms with van der Waals surface area (Å²) in [5.74, 6) is 1.79. The third-order valence-electron chi connectivity index (χ3n) is 4.27. The first-order valence-electron chi connectivity index (χ1n) is 8.39. The number of allylic oxidation sites excluding steroid dienone is 1. The Kier molecular flexibility index (Phi) is 4.63. The monoisotopic (exact) mass is 352 g/mol. The van der Waals surface area contributed by atoms with Gasteiger partial charge >= 0.3 is 0 Å². The van der Waals surface area contributed by atoms with E-state index in [1.807, 2.05) is 12.1 Å². The molecule has 0 saturated carbocycles. The molecule has 6 heteroatoms. The van der Waals surface area contributed by atoms with E-state index in [1.54, 1.807) is 17.5 Å². The van der Waals surface area contributed by atoms with Gasteiger partial charge in [0.2, 0.25) is 0 Å². The highest BCUT2D eigenvalue weighted by molar-refractivity contribution is 7.17. The van der Waals surface area contributed by atoms with Gasteiger partial charge in [-0.1, -0.05) is 24.3 Å². The van der Waals surface area contributed by atoms with E-state index in [0.717, 1.165) is 60.1 Å². The molecule has 1 aromatic carbocycles. The normalized spacial score (nSPS) is 15.3. The first kappa shape index (κ1) is 16.1. The van der Waals surface area contributed by atoms with Crippen molar-refractivity contribution in [3.05, 3.63) is 53.6 Å². The maximum absolute atomic E-state index is 5.48. The molecule has 3 heterocycles. The third-order valence-corrected chi connectivity index (χ3v) is 5.17. The van der Waals surface area contributed by atoms with Gasteiger partial charge < -0.3 is 15.4 Å². The lowest BCUT2D eigenvalue weighted by molar-refractivity contribution is 0.122. The molecule has 25 heavy (non-hydrogen) atoms. The summed E-state index contributed by atoms with van der Waals surface area (Å²) in [5.41, 5.74) is 8.69. The number of hydrogen-bond acceptors (Lipinski definition) is 6. The number of fused-ring (bicyclic) bond motifs is 1. The van der Waals surface area contributed by atoms with Gasteiger partial charge in [0.25, 0.3) is 0 Å². The molecule has 0 unspecified atom stereocenters. The maximum atomic E-state index is 5.48. The maximum Gasteiger partial charge on any atom is 0.162 e. The van der Waals surface area contributed by atoms with Crippen molar-refractivity contribution in [2.45, 2.75) is 6.42 Å². The highest BCUT2D eigenvalue weighted by Gasteiger charge is 2.18. The molecule has 128 valence electrons. The third kappa shape index (κ3) is 3.36. The van der Waals surface area contributed by atoms with Crippen LogP contribution in [0, 0.1) is 0 Å². The molecule has 3 aromatic rings. The van der Waals surface area contributed by atoms with Gasteiger partial charge in [0, 0.05) is 18.7 Å². The van der Waals surface area contributed by atoms with Crippen LogP contribution in [0.4, 0.5) is 5.82 Å². The molecule has 1 aliphatic rings. The largest absolute Gasteiger partial charge is 0.405 e. The number of nitrogens with zero attached hydrogens (tertiary/aromatic N) is 3. The molecule has 5 nitrogen and oxygen atoms in total. The smallest absolute Gasteiger partial charge is 0.162 e. The van der Waals surface area contributed by atoms with E-state index in [9.17, 15) is 0 Å². The average Bonchev–Trinajstić information content (AvgIpc) is 3.15. The predicted octanol–water partition coefficient (Wildman–Crippen LogP) is 3.21. The minimum Gasteiger partial charge on any atom is -0.405 e. The van der Waals surface area contributed by atoms with Crippen LogP contribution < -0.4 is 10.6 Å². The highest BCUT2D eigenvalue weighted by atomic mass is 32.1. The number of morpholine rings is 1. The van der Waals surface area contributed by atoms with Crippen LogP contribution in [-0.2, 0) is 11.2 Å². The Hall–Kier alpha value is -2.44. The van der Waals surface area contributed by atoms with E-state index in [0.29, 0.717) is 0 Å². The minimum absolute atomic E-state index is 0.743. The Morgan fingerprint density at radius 1 is 1.20 bits per heavy atom. The van der Waals surface area contributed by atoms with Gasteiger partial charge in [0.15, 0.2) is 11.6 Å². The van der Waals surface area contributed by atoms with Crippen LogP contribution in [0.2, 0.25) is 0 Å². The summed E-state index contributed by atoms with van der Waals surface area (Å²) in [4.78, 5) is 12.0. The summed E-state index contributed by atoms with van der Waals surface area (Å²) in [5, 5.41) is 2.08. The van der Waals surface area contributed by atoms with Crippen LogP contribution in [0.1, 0.15) is 5.56 Å². The van der Waals surface area contributed by atoms with E-state index in [4.69, 9.17) is 20.4 Å². The molecule has 0 aliphatic carbocycles. The number of benzene rings is 1. The van der Waals surface area contributed by atoms with Gasteiger partial charge in [-0.05, 0) is 35.7 Å². The molecule has 1 fully saturated rings. The number of rotatable bonds is 4. The molecular formula is C19H20N4OS. The molecule has 1 saturated heterocycles. The molecular weight excluding hydrogens is 332 g/mol. The number of ether oxygens (including phenoxy) is 1. The molecule has 0 bridgehead atoms. The fourth-order valence-electron chi connectivity index (χ4n) is 3.01. The Balaban J connectivity index is 1.77. The van der Waals surface area contributed by atoms with Crippen molar-refractivity contribution in [1.82, 2.24) is 9.97 Å². The molecule has 2 aromatic heterocycles. The second kappa shape index (κ2) is 7.21. The van der Waals surface area contributed by atoms with E-state index < -0.39 is 0 Å². The van der Waals surface area contributed by atoms with Crippen molar-refractivity contribution in [3.63, 3.8) is 0 Å². The molecule has 4 rings (SSSR count). The number of nitrogens with two attached hydrogens (primary N) is 1. The summed E-state index contributed by atoms with van der Waals surface area (Å²) < 4.78 is 6.63. The van der Waals surface area contributed by atoms with Gasteiger partial charge in [0.1, 0.15) is 0 Å². The summed E-state index contributed by atoms with van der Waals surface area (Å²) >= 11 is 1.70. The van der Waals surface area contributed by atoms with Gasteiger partial charge in [0.05, 0.1) is 23.4 Å². The van der Waals surface area contributed by atoms with Crippen LogP contribution in [-0.4, -0.2) is 36.3 Å². The fraction of sp³-hybridized carbons (Fsp3) is 0.263. The van der Waals surface area contributed by atoms with Crippen LogP contribution in [0.3, 0.4) is 0 Å². The zero-order chi connectivity index (χ0) is 17.1. The fourth-order valence-corrected chi connectivity index (χ4v) is 3.86. The number of thiophene rings is 1. The van der Waals surface area contributed by atoms with Crippen LogP contribution in [0.5, 0.6) is 0 Å². The van der Waals surface area contributed by atoms with E-state index in [2.05, 4.69) is 34.5 Å². The van der Waals surface area contributed by atoms with Crippen molar-refractivity contribution in [3.8, 4) is 11.4 Å².